The van der Waals surface area contributed by atoms with Crippen molar-refractivity contribution in [1.82, 2.24) is 9.80 Å². The van der Waals surface area contributed by atoms with E-state index in [9.17, 15) is 4.79 Å². The number of carboxylic acids is 1. The van der Waals surface area contributed by atoms with E-state index in [0.29, 0.717) is 15.6 Å². The Bertz CT molecular complexity index is 733. The van der Waals surface area contributed by atoms with Crippen LogP contribution < -0.4 is 0 Å². The zero-order valence-electron chi connectivity index (χ0n) is 15.1. The minimum Gasteiger partial charge on any atom is -0.478 e. The van der Waals surface area contributed by atoms with Crippen LogP contribution in [0.1, 0.15) is 27.9 Å². The third kappa shape index (κ3) is 6.61. The molecule has 0 aromatic heterocycles. The average molecular weight is 395 g/mol. The van der Waals surface area contributed by atoms with Crippen molar-refractivity contribution >= 4 is 29.2 Å². The van der Waals surface area contributed by atoms with E-state index in [-0.39, 0.29) is 0 Å². The summed E-state index contributed by atoms with van der Waals surface area (Å²) in [5.74, 6) is -0.907. The largest absolute Gasteiger partial charge is 0.478 e. The van der Waals surface area contributed by atoms with Crippen LogP contribution in [0.3, 0.4) is 0 Å². The van der Waals surface area contributed by atoms with Crippen LogP contribution >= 0.6 is 23.2 Å². The molecule has 2 rings (SSSR count). The molecule has 1 N–H and O–H groups in total. The van der Waals surface area contributed by atoms with Crippen LogP contribution in [0.4, 0.5) is 0 Å². The summed E-state index contributed by atoms with van der Waals surface area (Å²) in [7, 11) is 4.13. The molecule has 0 aliphatic carbocycles. The molecule has 4 nitrogen and oxygen atoms in total. The van der Waals surface area contributed by atoms with Gasteiger partial charge in [-0.1, -0.05) is 41.4 Å². The number of hydrogen-bond acceptors (Lipinski definition) is 3. The van der Waals surface area contributed by atoms with Gasteiger partial charge in [-0.05, 0) is 62.5 Å². The molecule has 0 spiro atoms. The lowest BCUT2D eigenvalue weighted by Crippen LogP contribution is -2.27. The summed E-state index contributed by atoms with van der Waals surface area (Å²) in [6, 6.07) is 12.7. The van der Waals surface area contributed by atoms with Gasteiger partial charge in [-0.15, -0.1) is 0 Å². The van der Waals surface area contributed by atoms with Gasteiger partial charge in [0.05, 0.1) is 15.6 Å². The second-order valence-electron chi connectivity index (χ2n) is 6.62. The second kappa shape index (κ2) is 9.93. The van der Waals surface area contributed by atoms with Gasteiger partial charge in [-0.25, -0.2) is 4.79 Å². The predicted octanol–water partition coefficient (Wildman–Crippen LogP) is 4.65. The summed E-state index contributed by atoms with van der Waals surface area (Å²) in [4.78, 5) is 15.5. The van der Waals surface area contributed by atoms with Gasteiger partial charge in [0.2, 0.25) is 0 Å². The lowest BCUT2D eigenvalue weighted by Gasteiger charge is -2.24. The molecule has 2 aromatic carbocycles. The summed E-state index contributed by atoms with van der Waals surface area (Å²) >= 11 is 12.1. The molecule has 0 saturated heterocycles. The zero-order valence-corrected chi connectivity index (χ0v) is 16.6. The SMILES string of the molecule is CN(C)CCCN(Cc1ccc(C(=O)O)cc1)Cc1ccc(Cl)c(Cl)c1. The van der Waals surface area contributed by atoms with Gasteiger partial charge >= 0.3 is 5.97 Å². The Labute approximate surface area is 164 Å². The van der Waals surface area contributed by atoms with Crippen molar-refractivity contribution in [3.05, 3.63) is 69.2 Å². The van der Waals surface area contributed by atoms with E-state index in [1.54, 1.807) is 12.1 Å². The molecule has 0 fully saturated rings. The van der Waals surface area contributed by atoms with Crippen LogP contribution in [0.5, 0.6) is 0 Å². The summed E-state index contributed by atoms with van der Waals surface area (Å²) < 4.78 is 0. The fraction of sp³-hybridized carbons (Fsp3) is 0.350. The molecular weight excluding hydrogens is 371 g/mol. The van der Waals surface area contributed by atoms with Gasteiger partial charge in [0.25, 0.3) is 0 Å². The molecule has 0 unspecified atom stereocenters. The Morgan fingerprint density at radius 2 is 1.54 bits per heavy atom. The summed E-state index contributed by atoms with van der Waals surface area (Å²) in [6.45, 7) is 3.44. The molecule has 0 heterocycles. The van der Waals surface area contributed by atoms with Gasteiger partial charge in [0.1, 0.15) is 0 Å². The Balaban J connectivity index is 2.08. The van der Waals surface area contributed by atoms with Gasteiger partial charge in [-0.3, -0.25) is 4.90 Å². The molecule has 0 atom stereocenters. The normalized spacial score (nSPS) is 11.3. The van der Waals surface area contributed by atoms with Crippen LogP contribution in [-0.4, -0.2) is 48.1 Å². The Hall–Kier alpha value is -1.59. The maximum atomic E-state index is 11.0. The monoisotopic (exact) mass is 394 g/mol. The lowest BCUT2D eigenvalue weighted by molar-refractivity contribution is 0.0697. The van der Waals surface area contributed by atoms with E-state index in [4.69, 9.17) is 28.3 Å². The maximum Gasteiger partial charge on any atom is 0.335 e. The van der Waals surface area contributed by atoms with Crippen molar-refractivity contribution in [2.45, 2.75) is 19.5 Å². The molecule has 0 saturated carbocycles. The number of hydrogen-bond donors (Lipinski definition) is 1. The molecular formula is C20H24Cl2N2O2. The highest BCUT2D eigenvalue weighted by Crippen LogP contribution is 2.23. The predicted molar refractivity (Wildman–Crippen MR) is 107 cm³/mol. The molecule has 0 bridgehead atoms. The first-order valence-corrected chi connectivity index (χ1v) is 9.24. The van der Waals surface area contributed by atoms with E-state index in [0.717, 1.165) is 43.7 Å². The first kappa shape index (κ1) is 20.7. The summed E-state index contributed by atoms with van der Waals surface area (Å²) in [5.41, 5.74) is 2.49. The second-order valence-corrected chi connectivity index (χ2v) is 7.43. The number of carbonyl (C=O) groups is 1. The highest BCUT2D eigenvalue weighted by atomic mass is 35.5. The molecule has 6 heteroatoms. The quantitative estimate of drug-likeness (QED) is 0.672. The Morgan fingerprint density at radius 1 is 0.923 bits per heavy atom. The summed E-state index contributed by atoms with van der Waals surface area (Å²) in [5, 5.41) is 10.1. The number of aromatic carboxylic acids is 1. The van der Waals surface area contributed by atoms with Crippen molar-refractivity contribution in [3.63, 3.8) is 0 Å². The van der Waals surface area contributed by atoms with E-state index in [1.807, 2.05) is 30.3 Å². The van der Waals surface area contributed by atoms with E-state index in [1.165, 1.54) is 0 Å². The number of carboxylic acid groups (broad SMARTS) is 1. The molecule has 140 valence electrons. The molecule has 0 amide bonds. The minimum atomic E-state index is -0.907. The minimum absolute atomic E-state index is 0.303. The number of halogens is 2. The standard InChI is InChI=1S/C20H24Cl2N2O2/c1-23(2)10-3-11-24(14-16-6-9-18(21)19(22)12-16)13-15-4-7-17(8-5-15)20(25)26/h4-9,12H,3,10-11,13-14H2,1-2H3,(H,25,26). The Morgan fingerprint density at radius 3 is 2.12 bits per heavy atom. The first-order valence-electron chi connectivity index (χ1n) is 8.48. The van der Waals surface area contributed by atoms with Crippen LogP contribution in [0.2, 0.25) is 10.0 Å². The number of nitrogens with zero attached hydrogens (tertiary/aromatic N) is 2. The lowest BCUT2D eigenvalue weighted by atomic mass is 10.1. The van der Waals surface area contributed by atoms with Gasteiger partial charge < -0.3 is 10.0 Å². The van der Waals surface area contributed by atoms with Crippen molar-refractivity contribution in [2.24, 2.45) is 0 Å². The molecule has 26 heavy (non-hydrogen) atoms. The highest BCUT2D eigenvalue weighted by Gasteiger charge is 2.10. The fourth-order valence-electron chi connectivity index (χ4n) is 2.73. The van der Waals surface area contributed by atoms with Crippen LogP contribution in [0.25, 0.3) is 0 Å². The smallest absolute Gasteiger partial charge is 0.335 e. The third-order valence-corrected chi connectivity index (χ3v) is 4.82. The molecule has 0 aliphatic rings. The van der Waals surface area contributed by atoms with E-state index < -0.39 is 5.97 Å². The van der Waals surface area contributed by atoms with Crippen LogP contribution in [0.15, 0.2) is 42.5 Å². The third-order valence-electron chi connectivity index (χ3n) is 4.08. The average Bonchev–Trinajstić information content (AvgIpc) is 2.58. The van der Waals surface area contributed by atoms with Crippen LogP contribution in [0, 0.1) is 0 Å². The fourth-order valence-corrected chi connectivity index (χ4v) is 3.05. The van der Waals surface area contributed by atoms with Crippen LogP contribution in [-0.2, 0) is 13.1 Å². The summed E-state index contributed by atoms with van der Waals surface area (Å²) in [6.07, 6.45) is 1.04. The van der Waals surface area contributed by atoms with E-state index in [2.05, 4.69) is 23.9 Å². The topological polar surface area (TPSA) is 43.8 Å². The molecule has 0 aliphatic heterocycles. The van der Waals surface area contributed by atoms with Crippen molar-refractivity contribution < 1.29 is 9.90 Å². The zero-order chi connectivity index (χ0) is 19.1. The maximum absolute atomic E-state index is 11.0. The number of benzene rings is 2. The first-order chi connectivity index (χ1) is 12.3. The van der Waals surface area contributed by atoms with Crippen molar-refractivity contribution in [3.8, 4) is 0 Å². The van der Waals surface area contributed by atoms with Gasteiger partial charge in [0, 0.05) is 19.6 Å². The van der Waals surface area contributed by atoms with Crippen molar-refractivity contribution in [2.75, 3.05) is 27.2 Å². The Kier molecular flexibility index (Phi) is 7.91. The van der Waals surface area contributed by atoms with Gasteiger partial charge in [-0.2, -0.15) is 0 Å². The van der Waals surface area contributed by atoms with Crippen molar-refractivity contribution in [1.29, 1.82) is 0 Å². The molecule has 0 radical (unpaired) electrons. The molecule has 2 aromatic rings. The number of rotatable bonds is 9. The van der Waals surface area contributed by atoms with E-state index >= 15 is 0 Å². The van der Waals surface area contributed by atoms with Gasteiger partial charge in [0.15, 0.2) is 0 Å². The highest BCUT2D eigenvalue weighted by molar-refractivity contribution is 6.42.